The van der Waals surface area contributed by atoms with Gasteiger partial charge in [-0.2, -0.15) is 48.5 Å². The molecule has 0 amide bonds. The Labute approximate surface area is 243 Å². The zero-order chi connectivity index (χ0) is 24.8. The third-order valence-electron chi connectivity index (χ3n) is 8.19. The van der Waals surface area contributed by atoms with E-state index in [-0.39, 0.29) is 27.3 Å². The second-order valence-corrected chi connectivity index (χ2v) is 10.3. The molecule has 0 unspecified atom stereocenters. The van der Waals surface area contributed by atoms with Gasteiger partial charge in [-0.15, -0.1) is 34.6 Å². The SMILES string of the molecule is [Pd].[c-]1c2ccc3c1B1c4[c-]c(ccc4-c4ccccc4N1c1ccccc1-3)N1C=CN([CH-]1)CCN1C=CN2[CH-]1. The molecule has 0 N–H and O–H groups in total. The van der Waals surface area contributed by atoms with Gasteiger partial charge in [0.2, 0.25) is 0 Å². The molecule has 9 rings (SSSR count). The number of benzene rings is 4. The molecule has 0 radical (unpaired) electrons. The van der Waals surface area contributed by atoms with Crippen molar-refractivity contribution in [3.8, 4) is 22.3 Å². The van der Waals surface area contributed by atoms with Gasteiger partial charge in [0.1, 0.15) is 0 Å². The van der Waals surface area contributed by atoms with E-state index in [2.05, 4.69) is 147 Å². The van der Waals surface area contributed by atoms with Crippen LogP contribution < -0.4 is 25.5 Å². The van der Waals surface area contributed by atoms with Crippen molar-refractivity contribution in [3.63, 3.8) is 0 Å². The van der Waals surface area contributed by atoms with Crippen molar-refractivity contribution < 1.29 is 20.4 Å². The summed E-state index contributed by atoms with van der Waals surface area (Å²) in [5.74, 6) is 0. The molecule has 0 aromatic heterocycles. The molecule has 0 fully saturated rings. The van der Waals surface area contributed by atoms with Crippen LogP contribution in [0.2, 0.25) is 0 Å². The summed E-state index contributed by atoms with van der Waals surface area (Å²) >= 11 is 0. The van der Waals surface area contributed by atoms with Gasteiger partial charge < -0.3 is 24.4 Å². The van der Waals surface area contributed by atoms with Crippen LogP contribution in [0.3, 0.4) is 0 Å². The molecule has 5 nitrogen and oxygen atoms in total. The van der Waals surface area contributed by atoms with E-state index in [0.29, 0.717) is 0 Å². The molecule has 8 bridgehead atoms. The van der Waals surface area contributed by atoms with Gasteiger partial charge in [0, 0.05) is 44.9 Å². The Morgan fingerprint density at radius 2 is 1.05 bits per heavy atom. The van der Waals surface area contributed by atoms with Crippen molar-refractivity contribution >= 4 is 40.5 Å². The van der Waals surface area contributed by atoms with Crippen LogP contribution in [0.5, 0.6) is 0 Å². The van der Waals surface area contributed by atoms with Gasteiger partial charge in [0.25, 0.3) is 6.85 Å². The van der Waals surface area contributed by atoms with Crippen molar-refractivity contribution in [2.45, 2.75) is 0 Å². The van der Waals surface area contributed by atoms with Crippen molar-refractivity contribution in [1.82, 2.24) is 9.80 Å². The Morgan fingerprint density at radius 3 is 1.56 bits per heavy atom. The van der Waals surface area contributed by atoms with Crippen LogP contribution in [0.25, 0.3) is 22.3 Å². The monoisotopic (exact) mass is 593 g/mol. The molecular weight excluding hydrogens is 572 g/mol. The fourth-order valence-electron chi connectivity index (χ4n) is 6.40. The molecule has 0 aliphatic carbocycles. The molecule has 4 aromatic rings. The van der Waals surface area contributed by atoms with Crippen molar-refractivity contribution in [2.24, 2.45) is 0 Å². The summed E-state index contributed by atoms with van der Waals surface area (Å²) in [5.41, 5.74) is 11.8. The summed E-state index contributed by atoms with van der Waals surface area (Å²) in [6.45, 7) is 6.06. The second-order valence-electron chi connectivity index (χ2n) is 10.3. The van der Waals surface area contributed by atoms with Gasteiger partial charge in [-0.3, -0.25) is 0 Å². The molecule has 0 saturated heterocycles. The Hall–Kier alpha value is -3.91. The predicted molar refractivity (Wildman–Crippen MR) is 154 cm³/mol. The molecule has 4 aromatic carbocycles. The minimum Gasteiger partial charge on any atom is -0.507 e. The van der Waals surface area contributed by atoms with Crippen LogP contribution in [0, 0.1) is 25.5 Å². The first kappa shape index (κ1) is 23.0. The topological polar surface area (TPSA) is 16.2 Å². The Balaban J connectivity index is 0.00000235. The Kier molecular flexibility index (Phi) is 5.04. The first-order valence-corrected chi connectivity index (χ1v) is 13.1. The normalized spacial score (nSPS) is 17.1. The van der Waals surface area contributed by atoms with E-state index in [0.717, 1.165) is 24.5 Å². The average Bonchev–Trinajstić information content (AvgIpc) is 3.65. The van der Waals surface area contributed by atoms with Gasteiger partial charge in [-0.25, -0.2) is 0 Å². The fourth-order valence-corrected chi connectivity index (χ4v) is 6.40. The van der Waals surface area contributed by atoms with E-state index in [1.54, 1.807) is 0 Å². The van der Waals surface area contributed by atoms with Gasteiger partial charge in [0.05, 0.1) is 0 Å². The number of nitrogens with zero attached hydrogens (tertiary/aromatic N) is 5. The third kappa shape index (κ3) is 3.30. The summed E-state index contributed by atoms with van der Waals surface area (Å²) in [6.07, 6.45) is 8.54. The largest absolute Gasteiger partial charge is 0.507 e. The standard InChI is InChI=1S/C32H22BN5.Pd/c1-3-7-31-27(5-1)25-11-9-23-19-29(25)33-30-20-24(10-12-26(30)28-6-2-4-8-32(28)38(31)33)37-18-16-35(22-37)14-13-34-15-17-36(23)21-34;/h1-12,15-18,21-22H,13-14H2;/q-4;. The van der Waals surface area contributed by atoms with Gasteiger partial charge in [0.15, 0.2) is 0 Å². The zero-order valence-corrected chi connectivity index (χ0v) is 22.5. The second kappa shape index (κ2) is 8.54. The van der Waals surface area contributed by atoms with Crippen LogP contribution >= 0.6 is 0 Å². The summed E-state index contributed by atoms with van der Waals surface area (Å²) in [6, 6.07) is 34.2. The number of hydrogen-bond acceptors (Lipinski definition) is 5. The number of rotatable bonds is 0. The smallest absolute Gasteiger partial charge is 0.278 e. The summed E-state index contributed by atoms with van der Waals surface area (Å²) in [4.78, 5) is 11.3. The number of fused-ring (bicyclic) bond motifs is 14. The first-order chi connectivity index (χ1) is 18.8. The van der Waals surface area contributed by atoms with Gasteiger partial charge in [-0.1, -0.05) is 47.5 Å². The maximum Gasteiger partial charge on any atom is 0.278 e. The summed E-state index contributed by atoms with van der Waals surface area (Å²) < 4.78 is 0. The molecule has 0 atom stereocenters. The first-order valence-electron chi connectivity index (χ1n) is 13.1. The number of anilines is 4. The van der Waals surface area contributed by atoms with Crippen LogP contribution in [0.4, 0.5) is 22.7 Å². The van der Waals surface area contributed by atoms with Crippen LogP contribution in [0.15, 0.2) is 97.6 Å². The maximum absolute atomic E-state index is 3.88. The minimum absolute atomic E-state index is 0. The van der Waals surface area contributed by atoms with Crippen LogP contribution in [0.1, 0.15) is 0 Å². The number of para-hydroxylation sites is 2. The molecular formula is C32H22BN5Pd-4. The van der Waals surface area contributed by atoms with E-state index in [1.807, 2.05) is 0 Å². The summed E-state index contributed by atoms with van der Waals surface area (Å²) in [5, 5.41) is 0. The number of hydrogen-bond donors (Lipinski definition) is 0. The van der Waals surface area contributed by atoms with Crippen molar-refractivity contribution in [1.29, 1.82) is 0 Å². The van der Waals surface area contributed by atoms with Crippen molar-refractivity contribution in [3.05, 3.63) is 123 Å². The minimum atomic E-state index is -0.0415. The van der Waals surface area contributed by atoms with E-state index < -0.39 is 0 Å². The molecule has 0 spiro atoms. The van der Waals surface area contributed by atoms with Crippen molar-refractivity contribution in [2.75, 3.05) is 27.7 Å². The molecule has 192 valence electrons. The van der Waals surface area contributed by atoms with Gasteiger partial charge >= 0.3 is 0 Å². The van der Waals surface area contributed by atoms with E-state index >= 15 is 0 Å². The van der Waals surface area contributed by atoms with Gasteiger partial charge in [-0.05, 0) is 36.9 Å². The average molecular weight is 594 g/mol. The van der Waals surface area contributed by atoms with E-state index in [9.17, 15) is 0 Å². The molecule has 39 heavy (non-hydrogen) atoms. The van der Waals surface area contributed by atoms with E-state index in [4.69, 9.17) is 0 Å². The Morgan fingerprint density at radius 1 is 0.564 bits per heavy atom. The maximum atomic E-state index is 3.88. The third-order valence-corrected chi connectivity index (χ3v) is 8.19. The molecule has 7 heteroatoms. The summed E-state index contributed by atoms with van der Waals surface area (Å²) in [7, 11) is 0. The van der Waals surface area contributed by atoms with E-state index in [1.165, 1.54) is 44.6 Å². The Bertz CT molecular complexity index is 1580. The molecule has 5 heterocycles. The molecule has 0 saturated carbocycles. The van der Waals surface area contributed by atoms with Crippen LogP contribution in [-0.2, 0) is 20.4 Å². The molecule has 5 aliphatic rings. The fraction of sp³-hybridized carbons (Fsp3) is 0.0625. The quantitative estimate of drug-likeness (QED) is 0.218. The predicted octanol–water partition coefficient (Wildman–Crippen LogP) is 4.63. The van der Waals surface area contributed by atoms with Crippen LogP contribution in [-0.4, -0.2) is 29.7 Å². The molecule has 5 aliphatic heterocycles. The zero-order valence-electron chi connectivity index (χ0n) is 20.9.